The van der Waals surface area contributed by atoms with Crippen molar-refractivity contribution in [3.05, 3.63) is 229 Å². The lowest BCUT2D eigenvalue weighted by atomic mass is 9.80. The van der Waals surface area contributed by atoms with Crippen LogP contribution in [0.15, 0.2) is 227 Å². The predicted octanol–water partition coefficient (Wildman–Crippen LogP) is 18.0. The molecular weight excluding hydrogens is 803 g/mol. The topological polar surface area (TPSA) is 29.5 Å². The van der Waals surface area contributed by atoms with Crippen molar-refractivity contribution in [2.24, 2.45) is 0 Å². The van der Waals surface area contributed by atoms with Gasteiger partial charge in [-0.2, -0.15) is 0 Å². The van der Waals surface area contributed by atoms with Gasteiger partial charge < -0.3 is 13.7 Å². The van der Waals surface area contributed by atoms with Crippen LogP contribution in [0, 0.1) is 0 Å². The van der Waals surface area contributed by atoms with Crippen LogP contribution in [0.3, 0.4) is 0 Å². The zero-order chi connectivity index (χ0) is 43.9. The Bertz CT molecular complexity index is 3590. The maximum atomic E-state index is 6.44. The first kappa shape index (κ1) is 38.3. The summed E-state index contributed by atoms with van der Waals surface area (Å²) in [6, 6.07) is 72.2. The van der Waals surface area contributed by atoms with Crippen LogP contribution in [-0.2, 0) is 5.41 Å². The van der Waals surface area contributed by atoms with E-state index in [2.05, 4.69) is 207 Å². The van der Waals surface area contributed by atoms with Crippen molar-refractivity contribution in [3.8, 4) is 44.5 Å². The van der Waals surface area contributed by atoms with Gasteiger partial charge in [-0.25, -0.2) is 0 Å². The van der Waals surface area contributed by atoms with E-state index in [9.17, 15) is 0 Å². The van der Waals surface area contributed by atoms with Crippen molar-refractivity contribution in [1.82, 2.24) is 0 Å². The Balaban J connectivity index is 0.845. The summed E-state index contributed by atoms with van der Waals surface area (Å²) in [7, 11) is 0. The lowest BCUT2D eigenvalue weighted by molar-refractivity contribution is 0.651. The molecule has 2 aromatic heterocycles. The zero-order valence-corrected chi connectivity index (χ0v) is 36.9. The highest BCUT2D eigenvalue weighted by Gasteiger charge is 2.37. The Hall–Kier alpha value is -8.14. The highest BCUT2D eigenvalue weighted by Crippen LogP contribution is 2.51. The predicted molar refractivity (Wildman–Crippen MR) is 276 cm³/mol. The number of hydrogen-bond donors (Lipinski definition) is 0. The fraction of sp³-hybridized carbons (Fsp3) is 0.0794. The number of furan rings is 2. The van der Waals surface area contributed by atoms with Crippen LogP contribution < -0.4 is 4.90 Å². The molecule has 0 saturated carbocycles. The monoisotopic (exact) mass is 847 g/mol. The molecule has 3 nitrogen and oxygen atoms in total. The minimum Gasteiger partial charge on any atom is -0.455 e. The molecule has 314 valence electrons. The molecule has 0 spiro atoms. The van der Waals surface area contributed by atoms with E-state index in [1.54, 1.807) is 0 Å². The number of anilines is 3. The third kappa shape index (κ3) is 6.11. The molecule has 0 amide bonds. The van der Waals surface area contributed by atoms with Crippen LogP contribution in [-0.4, -0.2) is 0 Å². The molecule has 13 rings (SSSR count). The third-order valence-electron chi connectivity index (χ3n) is 14.2. The molecule has 11 aromatic rings. The second kappa shape index (κ2) is 15.0. The maximum absolute atomic E-state index is 6.44. The van der Waals surface area contributed by atoms with Crippen LogP contribution in [0.2, 0.25) is 0 Å². The first-order valence-corrected chi connectivity index (χ1v) is 23.0. The van der Waals surface area contributed by atoms with Gasteiger partial charge in [-0.05, 0) is 123 Å². The first-order chi connectivity index (χ1) is 32.5. The summed E-state index contributed by atoms with van der Waals surface area (Å²) >= 11 is 0. The summed E-state index contributed by atoms with van der Waals surface area (Å²) in [4.78, 5) is 2.34. The number of benzene rings is 9. The highest BCUT2D eigenvalue weighted by atomic mass is 16.3. The molecule has 9 aromatic carbocycles. The van der Waals surface area contributed by atoms with E-state index >= 15 is 0 Å². The Morgan fingerprint density at radius 3 is 1.38 bits per heavy atom. The number of fused-ring (bicyclic) bond motifs is 8. The maximum Gasteiger partial charge on any atom is 0.143 e. The number of allylic oxidation sites excluding steroid dienone is 4. The second-order valence-electron chi connectivity index (χ2n) is 18.3. The Morgan fingerprint density at radius 1 is 0.409 bits per heavy atom. The molecule has 2 aliphatic rings. The van der Waals surface area contributed by atoms with E-state index < -0.39 is 0 Å². The molecule has 0 saturated heterocycles. The summed E-state index contributed by atoms with van der Waals surface area (Å²) in [5, 5.41) is 4.52. The zero-order valence-electron chi connectivity index (χ0n) is 36.9. The molecule has 0 fully saturated rings. The van der Waals surface area contributed by atoms with Crippen LogP contribution in [0.25, 0.3) is 94.0 Å². The van der Waals surface area contributed by atoms with Crippen LogP contribution in [0.5, 0.6) is 0 Å². The summed E-state index contributed by atoms with van der Waals surface area (Å²) in [5.74, 6) is 0. The fourth-order valence-electron chi connectivity index (χ4n) is 10.8. The Labute approximate surface area is 384 Å². The average molecular weight is 848 g/mol. The smallest absolute Gasteiger partial charge is 0.143 e. The molecule has 0 N–H and O–H groups in total. The summed E-state index contributed by atoms with van der Waals surface area (Å²) in [6.45, 7) is 4.73. The van der Waals surface area contributed by atoms with Crippen molar-refractivity contribution < 1.29 is 8.83 Å². The molecule has 0 radical (unpaired) electrons. The largest absolute Gasteiger partial charge is 0.455 e. The molecule has 0 bridgehead atoms. The number of hydrogen-bond acceptors (Lipinski definition) is 3. The lowest BCUT2D eigenvalue weighted by Gasteiger charge is -2.26. The van der Waals surface area contributed by atoms with Crippen molar-refractivity contribution >= 4 is 66.5 Å². The summed E-state index contributed by atoms with van der Waals surface area (Å²) < 4.78 is 12.9. The molecular formula is C63H45NO2. The van der Waals surface area contributed by atoms with Crippen molar-refractivity contribution in [3.63, 3.8) is 0 Å². The molecule has 2 heterocycles. The Kier molecular flexibility index (Phi) is 8.69. The van der Waals surface area contributed by atoms with E-state index in [-0.39, 0.29) is 5.41 Å². The fourth-order valence-corrected chi connectivity index (χ4v) is 10.8. The molecule has 0 atom stereocenters. The standard InChI is InChI=1S/C63H45NO2/c1-63(2)57-18-6-3-11-51(57)56-39-45(31-38-58(56)63)42-23-21-40(22-24-42)41-25-32-46(33-26-41)64(47-34-27-43(28-35-47)49-14-9-16-54-52-12-4-7-19-59(52)65-61(49)54)48-36-29-44(30-37-48)50-15-10-17-55-53-13-5-8-20-60(53)66-62(50)55/h4-10,12-39H,3,11H2,1-2H3. The van der Waals surface area contributed by atoms with Gasteiger partial charge in [0.2, 0.25) is 0 Å². The van der Waals surface area contributed by atoms with Crippen molar-refractivity contribution in [2.75, 3.05) is 4.90 Å². The van der Waals surface area contributed by atoms with Gasteiger partial charge in [0.1, 0.15) is 22.3 Å². The van der Waals surface area contributed by atoms with E-state index in [1.165, 1.54) is 44.5 Å². The van der Waals surface area contributed by atoms with E-state index in [0.29, 0.717) is 0 Å². The SMILES string of the molecule is CC1(C)C2=C(CCC=C2)c2cc(-c3ccc(-c4ccc(N(c5ccc(-c6cccc7c6oc6ccccc67)cc5)c5ccc(-c6cccc7c6oc6ccccc67)cc5)cc4)cc3)ccc21. The van der Waals surface area contributed by atoms with E-state index in [1.807, 2.05) is 24.3 Å². The molecule has 3 heteroatoms. The van der Waals surface area contributed by atoms with Crippen LogP contribution in [0.1, 0.15) is 37.8 Å². The first-order valence-electron chi connectivity index (χ1n) is 23.0. The van der Waals surface area contributed by atoms with Gasteiger partial charge in [-0.15, -0.1) is 0 Å². The quantitative estimate of drug-likeness (QED) is 0.160. The van der Waals surface area contributed by atoms with Gasteiger partial charge in [0.05, 0.1) is 0 Å². The molecule has 0 unspecified atom stereocenters. The number of para-hydroxylation sites is 4. The number of rotatable bonds is 7. The molecule has 66 heavy (non-hydrogen) atoms. The summed E-state index contributed by atoms with van der Waals surface area (Å²) in [6.07, 6.45) is 6.93. The highest BCUT2D eigenvalue weighted by molar-refractivity contribution is 6.10. The summed E-state index contributed by atoms with van der Waals surface area (Å²) in [5.41, 5.74) is 22.0. The minimum absolute atomic E-state index is 0.0510. The van der Waals surface area contributed by atoms with Gasteiger partial charge >= 0.3 is 0 Å². The van der Waals surface area contributed by atoms with Gasteiger partial charge in [0.15, 0.2) is 0 Å². The number of nitrogens with zero attached hydrogens (tertiary/aromatic N) is 1. The van der Waals surface area contributed by atoms with Gasteiger partial charge in [0, 0.05) is 55.1 Å². The molecule has 0 aliphatic heterocycles. The van der Waals surface area contributed by atoms with E-state index in [4.69, 9.17) is 8.83 Å². The van der Waals surface area contributed by atoms with Gasteiger partial charge in [-0.3, -0.25) is 0 Å². The molecule has 2 aliphatic carbocycles. The van der Waals surface area contributed by atoms with Gasteiger partial charge in [0.25, 0.3) is 0 Å². The van der Waals surface area contributed by atoms with Crippen LogP contribution in [0.4, 0.5) is 17.1 Å². The normalized spacial score (nSPS) is 14.1. The Morgan fingerprint density at radius 2 is 0.848 bits per heavy atom. The van der Waals surface area contributed by atoms with Crippen LogP contribution >= 0.6 is 0 Å². The average Bonchev–Trinajstić information content (AvgIpc) is 4.02. The third-order valence-corrected chi connectivity index (χ3v) is 14.2. The van der Waals surface area contributed by atoms with Gasteiger partial charge in [-0.1, -0.05) is 172 Å². The minimum atomic E-state index is 0.0510. The second-order valence-corrected chi connectivity index (χ2v) is 18.3. The lowest BCUT2D eigenvalue weighted by Crippen LogP contribution is -2.16. The van der Waals surface area contributed by atoms with E-state index in [0.717, 1.165) is 96.0 Å². The van der Waals surface area contributed by atoms with Crippen molar-refractivity contribution in [2.45, 2.75) is 32.1 Å². The van der Waals surface area contributed by atoms with Crippen molar-refractivity contribution in [1.29, 1.82) is 0 Å².